The standard InChI is InChI=1S/C20H20ClFN2O3S/c21-16-5-4-6-17(22)19(16)20(25)24-12-9-14-13-15(7-8-18(14)24)28(26,27)23-10-2-1-3-11-23/h4-8,13H,1-3,9-12H2. The number of hydrogen-bond acceptors (Lipinski definition) is 3. The molecule has 148 valence electrons. The van der Waals surface area contributed by atoms with E-state index < -0.39 is 21.7 Å². The third-order valence-electron chi connectivity index (χ3n) is 5.32. The van der Waals surface area contributed by atoms with Crippen molar-refractivity contribution in [1.82, 2.24) is 4.31 Å². The van der Waals surface area contributed by atoms with Gasteiger partial charge in [-0.1, -0.05) is 24.1 Å². The molecule has 0 bridgehead atoms. The van der Waals surface area contributed by atoms with Gasteiger partial charge in [0.15, 0.2) is 0 Å². The first-order chi connectivity index (χ1) is 13.4. The fraction of sp³-hybridized carbons (Fsp3) is 0.350. The van der Waals surface area contributed by atoms with Crippen LogP contribution in [0.3, 0.4) is 0 Å². The molecule has 2 aromatic carbocycles. The van der Waals surface area contributed by atoms with Gasteiger partial charge < -0.3 is 4.90 Å². The minimum absolute atomic E-state index is 0.0581. The van der Waals surface area contributed by atoms with Crippen LogP contribution in [0.1, 0.15) is 35.2 Å². The predicted octanol–water partition coefficient (Wildman–Crippen LogP) is 3.86. The van der Waals surface area contributed by atoms with E-state index in [9.17, 15) is 17.6 Å². The quantitative estimate of drug-likeness (QED) is 0.754. The SMILES string of the molecule is O=C(c1c(F)cccc1Cl)N1CCc2cc(S(=O)(=O)N3CCCCC3)ccc21. The third-order valence-corrected chi connectivity index (χ3v) is 7.53. The smallest absolute Gasteiger partial charge is 0.262 e. The van der Waals surface area contributed by atoms with E-state index in [1.165, 1.54) is 33.5 Å². The van der Waals surface area contributed by atoms with E-state index in [0.717, 1.165) is 24.8 Å². The number of piperidine rings is 1. The molecule has 8 heteroatoms. The number of rotatable bonds is 3. The van der Waals surface area contributed by atoms with Crippen molar-refractivity contribution in [2.75, 3.05) is 24.5 Å². The number of halogens is 2. The summed E-state index contributed by atoms with van der Waals surface area (Å²) in [5.41, 5.74) is 1.20. The van der Waals surface area contributed by atoms with Gasteiger partial charge in [-0.2, -0.15) is 4.31 Å². The van der Waals surface area contributed by atoms with Gasteiger partial charge >= 0.3 is 0 Å². The number of carbonyl (C=O) groups is 1. The van der Waals surface area contributed by atoms with Crippen molar-refractivity contribution in [2.45, 2.75) is 30.6 Å². The van der Waals surface area contributed by atoms with E-state index in [4.69, 9.17) is 11.6 Å². The van der Waals surface area contributed by atoms with Gasteiger partial charge in [-0.25, -0.2) is 12.8 Å². The molecule has 28 heavy (non-hydrogen) atoms. The average Bonchev–Trinajstić information content (AvgIpc) is 3.11. The molecule has 0 aliphatic carbocycles. The highest BCUT2D eigenvalue weighted by molar-refractivity contribution is 7.89. The summed E-state index contributed by atoms with van der Waals surface area (Å²) < 4.78 is 41.4. The predicted molar refractivity (Wildman–Crippen MR) is 106 cm³/mol. The molecule has 2 heterocycles. The zero-order valence-corrected chi connectivity index (χ0v) is 16.8. The monoisotopic (exact) mass is 422 g/mol. The molecule has 0 atom stereocenters. The molecule has 4 rings (SSSR count). The van der Waals surface area contributed by atoms with Crippen LogP contribution >= 0.6 is 11.6 Å². The highest BCUT2D eigenvalue weighted by Crippen LogP contribution is 2.34. The topological polar surface area (TPSA) is 57.7 Å². The molecule has 2 aliphatic heterocycles. The minimum atomic E-state index is -3.54. The molecule has 0 radical (unpaired) electrons. The van der Waals surface area contributed by atoms with Gasteiger partial charge in [-0.15, -0.1) is 0 Å². The van der Waals surface area contributed by atoms with E-state index in [-0.39, 0.29) is 15.5 Å². The highest BCUT2D eigenvalue weighted by Gasteiger charge is 2.31. The van der Waals surface area contributed by atoms with Crippen molar-refractivity contribution in [3.63, 3.8) is 0 Å². The number of nitrogens with zero attached hydrogens (tertiary/aromatic N) is 2. The maximum atomic E-state index is 14.1. The van der Waals surface area contributed by atoms with E-state index in [0.29, 0.717) is 31.7 Å². The molecule has 1 saturated heterocycles. The Hall–Kier alpha value is -1.96. The van der Waals surface area contributed by atoms with Gasteiger partial charge in [0.25, 0.3) is 5.91 Å². The second kappa shape index (κ2) is 7.46. The van der Waals surface area contributed by atoms with Crippen LogP contribution in [-0.2, 0) is 16.4 Å². The maximum Gasteiger partial charge on any atom is 0.262 e. The van der Waals surface area contributed by atoms with Crippen LogP contribution in [0, 0.1) is 5.82 Å². The Kier molecular flexibility index (Phi) is 5.16. The first kappa shape index (κ1) is 19.4. The molecule has 1 amide bonds. The van der Waals surface area contributed by atoms with Gasteiger partial charge in [0.2, 0.25) is 10.0 Å². The summed E-state index contributed by atoms with van der Waals surface area (Å²) in [4.78, 5) is 14.6. The van der Waals surface area contributed by atoms with E-state index in [1.54, 1.807) is 12.1 Å². The lowest BCUT2D eigenvalue weighted by Gasteiger charge is -2.26. The van der Waals surface area contributed by atoms with Gasteiger partial charge in [-0.3, -0.25) is 4.79 Å². The Bertz CT molecular complexity index is 1020. The van der Waals surface area contributed by atoms with Crippen LogP contribution in [0.2, 0.25) is 5.02 Å². The summed E-state index contributed by atoms with van der Waals surface area (Å²) >= 11 is 6.03. The maximum absolute atomic E-state index is 14.1. The van der Waals surface area contributed by atoms with E-state index in [1.807, 2.05) is 0 Å². The largest absolute Gasteiger partial charge is 0.308 e. The fourth-order valence-electron chi connectivity index (χ4n) is 3.84. The summed E-state index contributed by atoms with van der Waals surface area (Å²) in [6, 6.07) is 8.91. The molecule has 2 aromatic rings. The molecule has 2 aliphatic rings. The Morgan fingerprint density at radius 3 is 2.50 bits per heavy atom. The number of fused-ring (bicyclic) bond motifs is 1. The Morgan fingerprint density at radius 1 is 1.04 bits per heavy atom. The summed E-state index contributed by atoms with van der Waals surface area (Å²) in [6.45, 7) is 1.43. The van der Waals surface area contributed by atoms with Crippen molar-refractivity contribution in [1.29, 1.82) is 0 Å². The lowest BCUT2D eigenvalue weighted by atomic mass is 10.1. The van der Waals surface area contributed by atoms with Crippen molar-refractivity contribution < 1.29 is 17.6 Å². The van der Waals surface area contributed by atoms with Crippen LogP contribution in [0.25, 0.3) is 0 Å². The minimum Gasteiger partial charge on any atom is -0.308 e. The average molecular weight is 423 g/mol. The summed E-state index contributed by atoms with van der Waals surface area (Å²) in [7, 11) is -3.54. The summed E-state index contributed by atoms with van der Waals surface area (Å²) in [5.74, 6) is -1.19. The fourth-order valence-corrected chi connectivity index (χ4v) is 5.65. The number of hydrogen-bond donors (Lipinski definition) is 0. The zero-order valence-electron chi connectivity index (χ0n) is 15.2. The third kappa shape index (κ3) is 3.32. The number of amides is 1. The molecule has 5 nitrogen and oxygen atoms in total. The molecule has 0 aromatic heterocycles. The van der Waals surface area contributed by atoms with Gasteiger partial charge in [-0.05, 0) is 55.2 Å². The molecule has 0 saturated carbocycles. The molecular weight excluding hydrogens is 403 g/mol. The van der Waals surface area contributed by atoms with E-state index >= 15 is 0 Å². The first-order valence-electron chi connectivity index (χ1n) is 9.28. The lowest BCUT2D eigenvalue weighted by Crippen LogP contribution is -2.35. The van der Waals surface area contributed by atoms with Crippen LogP contribution < -0.4 is 4.90 Å². The highest BCUT2D eigenvalue weighted by atomic mass is 35.5. The normalized spacial score (nSPS) is 17.6. The summed E-state index contributed by atoms with van der Waals surface area (Å²) in [6.07, 6.45) is 3.30. The Morgan fingerprint density at radius 2 is 1.79 bits per heavy atom. The zero-order chi connectivity index (χ0) is 19.9. The molecule has 1 fully saturated rings. The van der Waals surface area contributed by atoms with Crippen LogP contribution in [-0.4, -0.2) is 38.3 Å². The van der Waals surface area contributed by atoms with Crippen molar-refractivity contribution >= 4 is 33.2 Å². The molecule has 0 spiro atoms. The molecule has 0 N–H and O–H groups in total. The van der Waals surface area contributed by atoms with E-state index in [2.05, 4.69) is 0 Å². The first-order valence-corrected chi connectivity index (χ1v) is 11.1. The van der Waals surface area contributed by atoms with Crippen molar-refractivity contribution in [3.8, 4) is 0 Å². The van der Waals surface area contributed by atoms with Crippen molar-refractivity contribution in [2.24, 2.45) is 0 Å². The number of sulfonamides is 1. The van der Waals surface area contributed by atoms with Gasteiger partial charge in [0.1, 0.15) is 5.82 Å². The summed E-state index contributed by atoms with van der Waals surface area (Å²) in [5, 5.41) is 0.0581. The van der Waals surface area contributed by atoms with Gasteiger partial charge in [0.05, 0.1) is 15.5 Å². The number of anilines is 1. The second-order valence-electron chi connectivity index (χ2n) is 7.06. The second-order valence-corrected chi connectivity index (χ2v) is 9.40. The lowest BCUT2D eigenvalue weighted by molar-refractivity contribution is 0.0985. The Balaban J connectivity index is 1.65. The number of benzene rings is 2. The Labute approximate surface area is 168 Å². The number of carbonyl (C=O) groups excluding carboxylic acids is 1. The van der Waals surface area contributed by atoms with Crippen LogP contribution in [0.15, 0.2) is 41.3 Å². The molecule has 0 unspecified atom stereocenters. The van der Waals surface area contributed by atoms with Crippen LogP contribution in [0.4, 0.5) is 10.1 Å². The molecular formula is C20H20ClFN2O3S. The van der Waals surface area contributed by atoms with Crippen molar-refractivity contribution in [3.05, 3.63) is 58.4 Å². The van der Waals surface area contributed by atoms with Crippen LogP contribution in [0.5, 0.6) is 0 Å². The van der Waals surface area contributed by atoms with Gasteiger partial charge in [0, 0.05) is 25.3 Å².